The number of carbonyl (C=O) groups excluding carboxylic acids is 1. The Morgan fingerprint density at radius 2 is 1.60 bits per heavy atom. The summed E-state index contributed by atoms with van der Waals surface area (Å²) >= 11 is 5.86. The summed E-state index contributed by atoms with van der Waals surface area (Å²) in [5.74, 6) is 0.404. The van der Waals surface area contributed by atoms with E-state index in [4.69, 9.17) is 16.3 Å². The van der Waals surface area contributed by atoms with Crippen LogP contribution in [0.1, 0.15) is 29.7 Å². The van der Waals surface area contributed by atoms with Crippen LogP contribution >= 0.6 is 11.6 Å². The van der Waals surface area contributed by atoms with Crippen LogP contribution in [0, 0.1) is 0 Å². The van der Waals surface area contributed by atoms with Crippen molar-refractivity contribution in [1.29, 1.82) is 0 Å². The molecule has 9 heteroatoms. The second kappa shape index (κ2) is 13.7. The first-order valence-corrected chi connectivity index (χ1v) is 15.9. The fourth-order valence-corrected chi connectivity index (χ4v) is 6.07. The Kier molecular flexibility index (Phi) is 9.59. The average Bonchev–Trinajstić information content (AvgIpc) is 3.01. The first-order valence-electron chi connectivity index (χ1n) is 13.9. The third kappa shape index (κ3) is 8.34. The summed E-state index contributed by atoms with van der Waals surface area (Å²) in [5, 5.41) is 14.6. The van der Waals surface area contributed by atoms with Gasteiger partial charge >= 0.3 is 0 Å². The lowest BCUT2D eigenvalue weighted by Gasteiger charge is -2.11. The van der Waals surface area contributed by atoms with E-state index in [2.05, 4.69) is 10.3 Å². The van der Waals surface area contributed by atoms with Gasteiger partial charge in [-0.3, -0.25) is 4.79 Å². The Hall–Kier alpha value is -4.40. The van der Waals surface area contributed by atoms with Crippen LogP contribution in [-0.2, 0) is 34.1 Å². The molecule has 0 saturated carbocycles. The number of nitrogens with one attached hydrogen (secondary N) is 1. The average molecular weight is 615 g/mol. The highest BCUT2D eigenvalue weighted by Gasteiger charge is 2.15. The number of ether oxygens (including phenoxy) is 1. The molecular formula is C34H31ClN2O5S. The number of carbonyl (C=O) groups is 1. The molecule has 5 aromatic rings. The lowest BCUT2D eigenvalue weighted by molar-refractivity contribution is -0.116. The van der Waals surface area contributed by atoms with Crippen molar-refractivity contribution in [1.82, 2.24) is 4.98 Å². The van der Waals surface area contributed by atoms with Crippen LogP contribution in [0.4, 0.5) is 5.69 Å². The number of para-hydroxylation sites is 1. The van der Waals surface area contributed by atoms with E-state index in [-0.39, 0.29) is 28.7 Å². The predicted octanol–water partition coefficient (Wildman–Crippen LogP) is 7.15. The van der Waals surface area contributed by atoms with Crippen molar-refractivity contribution in [3.8, 4) is 11.5 Å². The van der Waals surface area contributed by atoms with E-state index in [0.717, 1.165) is 27.7 Å². The Bertz CT molecular complexity index is 1830. The molecule has 1 amide bonds. The van der Waals surface area contributed by atoms with E-state index >= 15 is 0 Å². The number of phenolic OH excluding ortho intramolecular Hbond substituents is 1. The van der Waals surface area contributed by atoms with Crippen molar-refractivity contribution in [3.05, 3.63) is 125 Å². The van der Waals surface area contributed by atoms with Crippen molar-refractivity contribution in [3.63, 3.8) is 0 Å². The number of anilines is 1. The highest BCUT2D eigenvalue weighted by molar-refractivity contribution is 7.91. The maximum absolute atomic E-state index is 12.7. The summed E-state index contributed by atoms with van der Waals surface area (Å²) in [5.41, 5.74) is 3.86. The summed E-state index contributed by atoms with van der Waals surface area (Å²) in [7, 11) is -3.43. The summed E-state index contributed by atoms with van der Waals surface area (Å²) < 4.78 is 31.1. The first-order chi connectivity index (χ1) is 20.7. The second-order valence-corrected chi connectivity index (χ2v) is 12.7. The van der Waals surface area contributed by atoms with Gasteiger partial charge in [0, 0.05) is 16.8 Å². The Balaban J connectivity index is 1.08. The molecule has 0 fully saturated rings. The summed E-state index contributed by atoms with van der Waals surface area (Å²) in [4.78, 5) is 17.5. The number of sulfone groups is 1. The second-order valence-electron chi connectivity index (χ2n) is 10.2. The molecule has 220 valence electrons. The fourth-order valence-electron chi connectivity index (χ4n) is 4.63. The molecule has 0 saturated heterocycles. The molecule has 0 radical (unpaired) electrons. The molecule has 0 spiro atoms. The third-order valence-electron chi connectivity index (χ3n) is 6.99. The number of halogens is 1. The van der Waals surface area contributed by atoms with Gasteiger partial charge in [-0.25, -0.2) is 13.4 Å². The molecule has 7 nitrogen and oxygen atoms in total. The minimum atomic E-state index is -3.43. The quantitative estimate of drug-likeness (QED) is 0.145. The largest absolute Gasteiger partial charge is 0.506 e. The molecule has 0 aliphatic rings. The molecule has 0 aliphatic heterocycles. The van der Waals surface area contributed by atoms with Crippen molar-refractivity contribution in [2.45, 2.75) is 37.2 Å². The molecule has 1 aromatic heterocycles. The highest BCUT2D eigenvalue weighted by Crippen LogP contribution is 2.26. The summed E-state index contributed by atoms with van der Waals surface area (Å²) in [6, 6.07) is 30.5. The normalized spacial score (nSPS) is 11.4. The van der Waals surface area contributed by atoms with Gasteiger partial charge in [0.05, 0.1) is 27.5 Å². The van der Waals surface area contributed by atoms with Gasteiger partial charge < -0.3 is 15.2 Å². The lowest BCUT2D eigenvalue weighted by Crippen LogP contribution is -2.13. The monoisotopic (exact) mass is 614 g/mol. The smallest absolute Gasteiger partial charge is 0.224 e. The van der Waals surface area contributed by atoms with Gasteiger partial charge in [0.25, 0.3) is 0 Å². The van der Waals surface area contributed by atoms with E-state index in [0.29, 0.717) is 42.3 Å². The lowest BCUT2D eigenvalue weighted by atomic mass is 10.1. The molecule has 0 unspecified atom stereocenters. The number of rotatable bonds is 12. The number of hydrogen-bond acceptors (Lipinski definition) is 6. The predicted molar refractivity (Wildman–Crippen MR) is 169 cm³/mol. The van der Waals surface area contributed by atoms with Crippen LogP contribution in [0.15, 0.2) is 108 Å². The topological polar surface area (TPSA) is 106 Å². The van der Waals surface area contributed by atoms with Crippen molar-refractivity contribution in [2.24, 2.45) is 0 Å². The number of nitrogens with zero attached hydrogens (tertiary/aromatic N) is 1. The van der Waals surface area contributed by atoms with Gasteiger partial charge in [0.1, 0.15) is 18.1 Å². The van der Waals surface area contributed by atoms with Gasteiger partial charge in [-0.05, 0) is 91.1 Å². The number of benzene rings is 4. The molecule has 1 heterocycles. The summed E-state index contributed by atoms with van der Waals surface area (Å²) in [6.07, 6.45) is 1.61. The zero-order chi connectivity index (χ0) is 30.2. The van der Waals surface area contributed by atoms with E-state index in [1.165, 1.54) is 18.2 Å². The van der Waals surface area contributed by atoms with Crippen LogP contribution < -0.4 is 10.1 Å². The van der Waals surface area contributed by atoms with Crippen LogP contribution in [0.5, 0.6) is 11.5 Å². The van der Waals surface area contributed by atoms with Crippen molar-refractivity contribution >= 4 is 43.9 Å². The molecule has 5 rings (SSSR count). The number of aromatic nitrogens is 1. The van der Waals surface area contributed by atoms with Gasteiger partial charge in [0.15, 0.2) is 9.84 Å². The standard InChI is InChI=1S/C34H31ClN2O5S/c35-27-12-17-30(18-13-27)43(40,41)21-3-4-25-9-19-33(38)32(22-25)37-34(39)20-10-24-7-15-29(16-8-24)42-23-28-14-11-26-5-1-2-6-31(26)36-28/h1-2,5-9,11-19,22,38H,3-4,10,20-21,23H2,(H,37,39). The van der Waals surface area contributed by atoms with E-state index in [1.54, 1.807) is 24.3 Å². The van der Waals surface area contributed by atoms with Gasteiger partial charge in [0.2, 0.25) is 5.91 Å². The maximum atomic E-state index is 12.7. The van der Waals surface area contributed by atoms with E-state index < -0.39 is 9.84 Å². The molecular weight excluding hydrogens is 584 g/mol. The molecule has 0 aliphatic carbocycles. The minimum absolute atomic E-state index is 0.0264. The first kappa shape index (κ1) is 30.1. The van der Waals surface area contributed by atoms with Crippen LogP contribution in [-0.4, -0.2) is 30.2 Å². The SMILES string of the molecule is O=C(CCc1ccc(OCc2ccc3ccccc3n2)cc1)Nc1cc(CCCS(=O)(=O)c2ccc(Cl)cc2)ccc1O. The number of aryl methyl sites for hydroxylation is 2. The van der Waals surface area contributed by atoms with Crippen LogP contribution in [0.2, 0.25) is 5.02 Å². The number of aromatic hydroxyl groups is 1. The summed E-state index contributed by atoms with van der Waals surface area (Å²) in [6.45, 7) is 0.354. The zero-order valence-electron chi connectivity index (χ0n) is 23.4. The number of hydrogen-bond donors (Lipinski definition) is 2. The molecule has 2 N–H and O–H groups in total. The molecule has 4 aromatic carbocycles. The Morgan fingerprint density at radius 1 is 0.860 bits per heavy atom. The van der Waals surface area contributed by atoms with Crippen molar-refractivity contribution in [2.75, 3.05) is 11.1 Å². The number of amides is 1. The molecule has 43 heavy (non-hydrogen) atoms. The minimum Gasteiger partial charge on any atom is -0.506 e. The molecule has 0 atom stereocenters. The molecule has 0 bridgehead atoms. The number of pyridine rings is 1. The number of fused-ring (bicyclic) bond motifs is 1. The maximum Gasteiger partial charge on any atom is 0.224 e. The van der Waals surface area contributed by atoms with Crippen LogP contribution in [0.3, 0.4) is 0 Å². The van der Waals surface area contributed by atoms with Gasteiger partial charge in [-0.15, -0.1) is 0 Å². The van der Waals surface area contributed by atoms with E-state index in [1.807, 2.05) is 60.7 Å². The van der Waals surface area contributed by atoms with Crippen molar-refractivity contribution < 1.29 is 23.1 Å². The van der Waals surface area contributed by atoms with Gasteiger partial charge in [-0.2, -0.15) is 0 Å². The highest BCUT2D eigenvalue weighted by atomic mass is 35.5. The van der Waals surface area contributed by atoms with Gasteiger partial charge in [-0.1, -0.05) is 54.1 Å². The third-order valence-corrected chi connectivity index (χ3v) is 9.06. The van der Waals surface area contributed by atoms with E-state index in [9.17, 15) is 18.3 Å². The number of phenols is 1. The Labute approximate surface area is 256 Å². The van der Waals surface area contributed by atoms with Crippen LogP contribution in [0.25, 0.3) is 10.9 Å². The zero-order valence-corrected chi connectivity index (χ0v) is 24.9. The fraction of sp³-hybridized carbons (Fsp3) is 0.176. The Morgan fingerprint density at radius 3 is 2.40 bits per heavy atom.